The zero-order valence-electron chi connectivity index (χ0n) is 15.8. The summed E-state index contributed by atoms with van der Waals surface area (Å²) in [5.41, 5.74) is 0.660. The van der Waals surface area contributed by atoms with Crippen molar-refractivity contribution in [3.63, 3.8) is 0 Å². The van der Waals surface area contributed by atoms with Crippen LogP contribution >= 0.6 is 24.0 Å². The Morgan fingerprint density at radius 3 is 2.89 bits per heavy atom. The maximum absolute atomic E-state index is 13.0. The Balaban J connectivity index is 1.94. The van der Waals surface area contributed by atoms with Gasteiger partial charge in [-0.2, -0.15) is 0 Å². The van der Waals surface area contributed by atoms with Crippen LogP contribution in [-0.2, 0) is 9.53 Å². The van der Waals surface area contributed by atoms with Gasteiger partial charge in [0.25, 0.3) is 11.5 Å². The topological polar surface area (TPSA) is 75.9 Å². The van der Waals surface area contributed by atoms with Gasteiger partial charge in [0.2, 0.25) is 0 Å². The largest absolute Gasteiger partial charge is 0.382 e. The summed E-state index contributed by atoms with van der Waals surface area (Å²) < 4.78 is 7.28. The van der Waals surface area contributed by atoms with Gasteiger partial charge in [0, 0.05) is 32.5 Å². The lowest BCUT2D eigenvalue weighted by Gasteiger charge is -2.14. The molecule has 0 bridgehead atoms. The number of rotatable bonds is 8. The summed E-state index contributed by atoms with van der Waals surface area (Å²) in [6.07, 6.45) is 3.96. The van der Waals surface area contributed by atoms with Crippen molar-refractivity contribution in [3.8, 4) is 0 Å². The molecule has 0 aliphatic carbocycles. The number of aromatic nitrogens is 2. The van der Waals surface area contributed by atoms with Crippen molar-refractivity contribution in [2.45, 2.75) is 20.3 Å². The summed E-state index contributed by atoms with van der Waals surface area (Å²) >= 11 is 6.56. The smallest absolute Gasteiger partial charge is 0.267 e. The molecular weight excluding hydrogens is 396 g/mol. The Kier molecular flexibility index (Phi) is 6.82. The summed E-state index contributed by atoms with van der Waals surface area (Å²) in [6.45, 7) is 6.18. The molecule has 0 spiro atoms. The average Bonchev–Trinajstić information content (AvgIpc) is 2.95. The second-order valence-electron chi connectivity index (χ2n) is 6.02. The molecule has 3 rings (SSSR count). The maximum Gasteiger partial charge on any atom is 0.267 e. The summed E-state index contributed by atoms with van der Waals surface area (Å²) in [6, 6.07) is 5.36. The van der Waals surface area contributed by atoms with E-state index in [0.717, 1.165) is 0 Å². The van der Waals surface area contributed by atoms with Gasteiger partial charge >= 0.3 is 0 Å². The molecule has 2 aromatic rings. The molecule has 1 fully saturated rings. The van der Waals surface area contributed by atoms with Gasteiger partial charge in [0.05, 0.1) is 10.5 Å². The van der Waals surface area contributed by atoms with E-state index in [2.05, 4.69) is 10.3 Å². The van der Waals surface area contributed by atoms with Gasteiger partial charge in [-0.3, -0.25) is 18.9 Å². The number of carbonyl (C=O) groups is 1. The van der Waals surface area contributed by atoms with Crippen molar-refractivity contribution >= 4 is 51.7 Å². The van der Waals surface area contributed by atoms with Crippen LogP contribution in [-0.4, -0.2) is 50.8 Å². The molecular formula is C19H22N4O3S2. The molecule has 0 aromatic carbocycles. The Labute approximate surface area is 172 Å². The number of carbonyl (C=O) groups excluding carboxylic acids is 1. The molecule has 7 nitrogen and oxygen atoms in total. The molecule has 1 amide bonds. The lowest BCUT2D eigenvalue weighted by atomic mass is 10.2. The summed E-state index contributed by atoms with van der Waals surface area (Å²) in [5.74, 6) is 0.270. The van der Waals surface area contributed by atoms with Gasteiger partial charge in [-0.15, -0.1) is 0 Å². The standard InChI is InChI=1S/C19H22N4O3S2/c1-3-20-16-13(17(24)22-9-6-5-8-15(22)21-16)12-14-18(25)23(19(27)28-14)10-7-11-26-4-2/h5-6,8-9,12,20H,3-4,7,10-11H2,1-2H3. The number of hydrogen-bond donors (Lipinski definition) is 1. The molecule has 2 aromatic heterocycles. The minimum Gasteiger partial charge on any atom is -0.382 e. The van der Waals surface area contributed by atoms with Crippen LogP contribution in [0.4, 0.5) is 5.82 Å². The van der Waals surface area contributed by atoms with E-state index in [0.29, 0.717) is 59.0 Å². The third-order valence-electron chi connectivity index (χ3n) is 4.14. The zero-order chi connectivity index (χ0) is 20.1. The first-order valence-electron chi connectivity index (χ1n) is 9.15. The Morgan fingerprint density at radius 2 is 2.14 bits per heavy atom. The minimum absolute atomic E-state index is 0.188. The Morgan fingerprint density at radius 1 is 1.32 bits per heavy atom. The molecule has 1 N–H and O–H groups in total. The van der Waals surface area contributed by atoms with E-state index < -0.39 is 0 Å². The second-order valence-corrected chi connectivity index (χ2v) is 7.70. The molecule has 28 heavy (non-hydrogen) atoms. The molecule has 0 unspecified atom stereocenters. The fraction of sp³-hybridized carbons (Fsp3) is 0.368. The number of nitrogens with zero attached hydrogens (tertiary/aromatic N) is 3. The average molecular weight is 419 g/mol. The highest BCUT2D eigenvalue weighted by atomic mass is 32.2. The number of fused-ring (bicyclic) bond motifs is 1. The van der Waals surface area contributed by atoms with Gasteiger partial charge in [-0.25, -0.2) is 4.98 Å². The van der Waals surface area contributed by atoms with Crippen LogP contribution < -0.4 is 10.9 Å². The first-order valence-corrected chi connectivity index (χ1v) is 10.4. The summed E-state index contributed by atoms with van der Waals surface area (Å²) in [7, 11) is 0. The van der Waals surface area contributed by atoms with E-state index in [4.69, 9.17) is 17.0 Å². The van der Waals surface area contributed by atoms with Crippen LogP contribution in [0, 0.1) is 0 Å². The van der Waals surface area contributed by atoms with Crippen molar-refractivity contribution in [2.24, 2.45) is 0 Å². The first kappa shape index (κ1) is 20.5. The number of nitrogens with one attached hydrogen (secondary N) is 1. The van der Waals surface area contributed by atoms with Crippen molar-refractivity contribution in [1.82, 2.24) is 14.3 Å². The number of amides is 1. The van der Waals surface area contributed by atoms with Crippen LogP contribution in [0.1, 0.15) is 25.8 Å². The van der Waals surface area contributed by atoms with E-state index in [1.807, 2.05) is 19.9 Å². The van der Waals surface area contributed by atoms with Gasteiger partial charge in [-0.1, -0.05) is 30.0 Å². The van der Waals surface area contributed by atoms with E-state index in [1.165, 1.54) is 16.2 Å². The van der Waals surface area contributed by atoms with E-state index >= 15 is 0 Å². The molecule has 3 heterocycles. The molecule has 1 aliphatic heterocycles. The SMILES string of the molecule is CCNc1nc2ccccn2c(=O)c1C=C1SC(=S)N(CCCOCC)C1=O. The molecule has 0 saturated carbocycles. The van der Waals surface area contributed by atoms with Crippen molar-refractivity contribution in [1.29, 1.82) is 0 Å². The van der Waals surface area contributed by atoms with Crippen molar-refractivity contribution in [3.05, 3.63) is 45.2 Å². The third kappa shape index (κ3) is 4.26. The Bertz CT molecular complexity index is 987. The maximum atomic E-state index is 13.0. The molecule has 0 atom stereocenters. The highest BCUT2D eigenvalue weighted by molar-refractivity contribution is 8.26. The first-order chi connectivity index (χ1) is 13.6. The monoisotopic (exact) mass is 418 g/mol. The quantitative estimate of drug-likeness (QED) is 0.401. The van der Waals surface area contributed by atoms with E-state index in [-0.39, 0.29) is 11.5 Å². The van der Waals surface area contributed by atoms with Crippen LogP contribution in [0.2, 0.25) is 0 Å². The highest BCUT2D eigenvalue weighted by Gasteiger charge is 2.32. The highest BCUT2D eigenvalue weighted by Crippen LogP contribution is 2.33. The van der Waals surface area contributed by atoms with E-state index in [9.17, 15) is 9.59 Å². The molecule has 148 valence electrons. The number of ether oxygens (including phenoxy) is 1. The van der Waals surface area contributed by atoms with Crippen LogP contribution in [0.5, 0.6) is 0 Å². The van der Waals surface area contributed by atoms with Crippen LogP contribution in [0.25, 0.3) is 11.7 Å². The van der Waals surface area contributed by atoms with Crippen molar-refractivity contribution in [2.75, 3.05) is 31.6 Å². The molecule has 0 radical (unpaired) electrons. The van der Waals surface area contributed by atoms with Gasteiger partial charge in [0.1, 0.15) is 15.8 Å². The zero-order valence-corrected chi connectivity index (χ0v) is 17.4. The predicted molar refractivity (Wildman–Crippen MR) is 117 cm³/mol. The second kappa shape index (κ2) is 9.31. The molecule has 1 aliphatic rings. The third-order valence-corrected chi connectivity index (χ3v) is 5.51. The molecule has 1 saturated heterocycles. The predicted octanol–water partition coefficient (Wildman–Crippen LogP) is 2.75. The lowest BCUT2D eigenvalue weighted by molar-refractivity contribution is -0.122. The fourth-order valence-corrected chi connectivity index (χ4v) is 4.12. The molecule has 9 heteroatoms. The van der Waals surface area contributed by atoms with Gasteiger partial charge in [0.15, 0.2) is 0 Å². The summed E-state index contributed by atoms with van der Waals surface area (Å²) in [4.78, 5) is 32.3. The number of hydrogen-bond acceptors (Lipinski definition) is 7. The number of thioether (sulfide) groups is 1. The lowest BCUT2D eigenvalue weighted by Crippen LogP contribution is -2.29. The van der Waals surface area contributed by atoms with Crippen molar-refractivity contribution < 1.29 is 9.53 Å². The number of pyridine rings is 1. The number of anilines is 1. The van der Waals surface area contributed by atoms with E-state index in [1.54, 1.807) is 29.3 Å². The normalized spacial score (nSPS) is 15.8. The minimum atomic E-state index is -0.233. The van der Waals surface area contributed by atoms with Crippen LogP contribution in [0.15, 0.2) is 34.1 Å². The fourth-order valence-electron chi connectivity index (χ4n) is 2.83. The van der Waals surface area contributed by atoms with Gasteiger partial charge in [-0.05, 0) is 38.5 Å². The van der Waals surface area contributed by atoms with Gasteiger partial charge < -0.3 is 10.1 Å². The summed E-state index contributed by atoms with van der Waals surface area (Å²) in [5, 5.41) is 3.12. The Hall–Kier alpha value is -2.23. The number of thiocarbonyl (C=S) groups is 1. The van der Waals surface area contributed by atoms with Crippen LogP contribution in [0.3, 0.4) is 0 Å².